The van der Waals surface area contributed by atoms with Gasteiger partial charge in [0, 0.05) is 7.05 Å². The van der Waals surface area contributed by atoms with Crippen LogP contribution in [0.4, 0.5) is 5.69 Å². The van der Waals surface area contributed by atoms with E-state index >= 15 is 0 Å². The standard InChI is InChI=1S/C4H5N3O2/c1-7-2-3(6-9)4(8)5-7/h2H,1H3,(H,5,8). The lowest BCUT2D eigenvalue weighted by Crippen LogP contribution is -1.84. The van der Waals surface area contributed by atoms with Crippen molar-refractivity contribution in [3.63, 3.8) is 0 Å². The molecule has 0 radical (unpaired) electrons. The number of hydrogen-bond acceptors (Lipinski definition) is 4. The Hall–Kier alpha value is -1.39. The highest BCUT2D eigenvalue weighted by atomic mass is 16.3. The Kier molecular flexibility index (Phi) is 1.18. The van der Waals surface area contributed by atoms with Crippen LogP contribution in [0.5, 0.6) is 5.88 Å². The fourth-order valence-electron chi connectivity index (χ4n) is 0.529. The average molecular weight is 127 g/mol. The maximum Gasteiger partial charge on any atom is 0.260 e. The van der Waals surface area contributed by atoms with Gasteiger partial charge in [0.05, 0.1) is 6.20 Å². The van der Waals surface area contributed by atoms with Gasteiger partial charge < -0.3 is 5.11 Å². The highest BCUT2D eigenvalue weighted by Crippen LogP contribution is 2.21. The highest BCUT2D eigenvalue weighted by molar-refractivity contribution is 5.43. The van der Waals surface area contributed by atoms with E-state index in [0.717, 1.165) is 0 Å². The van der Waals surface area contributed by atoms with Crippen LogP contribution in [0, 0.1) is 4.91 Å². The minimum absolute atomic E-state index is 0.0301. The summed E-state index contributed by atoms with van der Waals surface area (Å²) in [5.41, 5.74) is -0.0301. The third kappa shape index (κ3) is 0.883. The topological polar surface area (TPSA) is 67.5 Å². The van der Waals surface area contributed by atoms with Gasteiger partial charge in [-0.05, 0) is 5.18 Å². The zero-order valence-corrected chi connectivity index (χ0v) is 4.77. The maximum absolute atomic E-state index is 9.78. The molecule has 1 heterocycles. The number of aryl methyl sites for hydroxylation is 1. The molecule has 9 heavy (non-hydrogen) atoms. The van der Waals surface area contributed by atoms with Gasteiger partial charge in [-0.25, -0.2) is 0 Å². The normalized spacial score (nSPS) is 9.44. The van der Waals surface area contributed by atoms with E-state index in [1.807, 2.05) is 0 Å². The summed E-state index contributed by atoms with van der Waals surface area (Å²) in [4.78, 5) is 9.78. The Balaban J connectivity index is 3.15. The zero-order chi connectivity index (χ0) is 6.85. The van der Waals surface area contributed by atoms with E-state index in [1.165, 1.54) is 10.9 Å². The van der Waals surface area contributed by atoms with Crippen LogP contribution < -0.4 is 0 Å². The first-order chi connectivity index (χ1) is 4.24. The molecule has 0 fully saturated rings. The van der Waals surface area contributed by atoms with Crippen LogP contribution in [0.15, 0.2) is 11.4 Å². The van der Waals surface area contributed by atoms with E-state index in [9.17, 15) is 4.91 Å². The third-order valence-electron chi connectivity index (χ3n) is 0.889. The van der Waals surface area contributed by atoms with Crippen LogP contribution in [-0.4, -0.2) is 14.9 Å². The Morgan fingerprint density at radius 1 is 1.89 bits per heavy atom. The van der Waals surface area contributed by atoms with Crippen molar-refractivity contribution in [2.75, 3.05) is 0 Å². The molecule has 1 aromatic heterocycles. The Labute approximate surface area is 50.9 Å². The van der Waals surface area contributed by atoms with Crippen molar-refractivity contribution in [1.82, 2.24) is 9.78 Å². The van der Waals surface area contributed by atoms with E-state index in [2.05, 4.69) is 10.3 Å². The van der Waals surface area contributed by atoms with Gasteiger partial charge in [0.15, 0.2) is 5.69 Å². The average Bonchev–Trinajstić information content (AvgIpc) is 2.10. The maximum atomic E-state index is 9.78. The second kappa shape index (κ2) is 1.85. The summed E-state index contributed by atoms with van der Waals surface area (Å²) in [5, 5.41) is 14.7. The molecule has 0 bridgehead atoms. The molecule has 48 valence electrons. The molecule has 5 heteroatoms. The van der Waals surface area contributed by atoms with Crippen molar-refractivity contribution in [3.8, 4) is 5.88 Å². The second-order valence-corrected chi connectivity index (χ2v) is 1.60. The fourth-order valence-corrected chi connectivity index (χ4v) is 0.529. The number of aromatic nitrogens is 2. The summed E-state index contributed by atoms with van der Waals surface area (Å²) in [6, 6.07) is 0. The number of nitrogens with zero attached hydrogens (tertiary/aromatic N) is 3. The Bertz CT molecular complexity index is 230. The molecule has 0 spiro atoms. The van der Waals surface area contributed by atoms with E-state index in [1.54, 1.807) is 7.05 Å². The Morgan fingerprint density at radius 3 is 2.78 bits per heavy atom. The van der Waals surface area contributed by atoms with E-state index in [4.69, 9.17) is 5.11 Å². The van der Waals surface area contributed by atoms with Gasteiger partial charge in [-0.2, -0.15) is 0 Å². The first-order valence-corrected chi connectivity index (χ1v) is 2.30. The molecule has 0 atom stereocenters. The van der Waals surface area contributed by atoms with Crippen molar-refractivity contribution in [2.24, 2.45) is 12.2 Å². The monoisotopic (exact) mass is 127 g/mol. The van der Waals surface area contributed by atoms with Gasteiger partial charge in [0.1, 0.15) is 0 Å². The van der Waals surface area contributed by atoms with Crippen molar-refractivity contribution in [3.05, 3.63) is 11.1 Å². The highest BCUT2D eigenvalue weighted by Gasteiger charge is 2.03. The molecule has 0 aromatic carbocycles. The SMILES string of the molecule is Cn1cc(N=O)c(O)n1. The lowest BCUT2D eigenvalue weighted by Gasteiger charge is -1.78. The quantitative estimate of drug-likeness (QED) is 0.559. The van der Waals surface area contributed by atoms with E-state index in [0.29, 0.717) is 0 Å². The number of nitroso groups, excluding NO2 is 1. The van der Waals surface area contributed by atoms with E-state index in [-0.39, 0.29) is 11.6 Å². The predicted molar refractivity (Wildman–Crippen MR) is 30.3 cm³/mol. The molecule has 0 aliphatic carbocycles. The molecular weight excluding hydrogens is 122 g/mol. The molecule has 1 N–H and O–H groups in total. The van der Waals surface area contributed by atoms with Crippen LogP contribution in [0.1, 0.15) is 0 Å². The lowest BCUT2D eigenvalue weighted by molar-refractivity contribution is 0.445. The van der Waals surface area contributed by atoms with E-state index < -0.39 is 0 Å². The summed E-state index contributed by atoms with van der Waals surface area (Å²) in [6.45, 7) is 0. The number of aromatic hydroxyl groups is 1. The third-order valence-corrected chi connectivity index (χ3v) is 0.889. The van der Waals surface area contributed by atoms with Crippen LogP contribution in [0.2, 0.25) is 0 Å². The van der Waals surface area contributed by atoms with Crippen LogP contribution in [0.25, 0.3) is 0 Å². The minimum atomic E-state index is -0.326. The van der Waals surface area contributed by atoms with Crippen LogP contribution in [0.3, 0.4) is 0 Å². The summed E-state index contributed by atoms with van der Waals surface area (Å²) in [6.07, 6.45) is 1.34. The van der Waals surface area contributed by atoms with Gasteiger partial charge in [-0.3, -0.25) is 4.68 Å². The lowest BCUT2D eigenvalue weighted by atomic mass is 10.6. The first kappa shape index (κ1) is 5.74. The predicted octanol–water partition coefficient (Wildman–Crippen LogP) is 0.524. The largest absolute Gasteiger partial charge is 0.491 e. The van der Waals surface area contributed by atoms with Gasteiger partial charge in [0.2, 0.25) is 0 Å². The summed E-state index contributed by atoms with van der Waals surface area (Å²) in [7, 11) is 1.59. The second-order valence-electron chi connectivity index (χ2n) is 1.60. The molecular formula is C4H5N3O2. The summed E-state index contributed by atoms with van der Waals surface area (Å²) < 4.78 is 1.31. The molecule has 0 aliphatic rings. The zero-order valence-electron chi connectivity index (χ0n) is 4.77. The summed E-state index contributed by atoms with van der Waals surface area (Å²) >= 11 is 0. The van der Waals surface area contributed by atoms with Gasteiger partial charge >= 0.3 is 0 Å². The molecule has 0 saturated heterocycles. The molecule has 0 saturated carbocycles. The number of rotatable bonds is 1. The molecule has 0 amide bonds. The van der Waals surface area contributed by atoms with Crippen molar-refractivity contribution >= 4 is 5.69 Å². The number of hydrogen-bond donors (Lipinski definition) is 1. The van der Waals surface area contributed by atoms with Crippen molar-refractivity contribution in [2.45, 2.75) is 0 Å². The summed E-state index contributed by atoms with van der Waals surface area (Å²) in [5.74, 6) is -0.326. The molecule has 1 aromatic rings. The molecule has 0 aliphatic heterocycles. The molecule has 0 unspecified atom stereocenters. The Morgan fingerprint density at radius 2 is 2.56 bits per heavy atom. The fraction of sp³-hybridized carbons (Fsp3) is 0.250. The van der Waals surface area contributed by atoms with Crippen LogP contribution >= 0.6 is 0 Å². The first-order valence-electron chi connectivity index (χ1n) is 2.30. The van der Waals surface area contributed by atoms with Gasteiger partial charge in [-0.1, -0.05) is 0 Å². The van der Waals surface area contributed by atoms with Crippen molar-refractivity contribution < 1.29 is 5.11 Å². The van der Waals surface area contributed by atoms with Crippen LogP contribution in [-0.2, 0) is 7.05 Å². The minimum Gasteiger partial charge on any atom is -0.491 e. The van der Waals surface area contributed by atoms with Crippen molar-refractivity contribution in [1.29, 1.82) is 0 Å². The smallest absolute Gasteiger partial charge is 0.260 e. The molecule has 5 nitrogen and oxygen atoms in total. The van der Waals surface area contributed by atoms with Gasteiger partial charge in [0.25, 0.3) is 5.88 Å². The van der Waals surface area contributed by atoms with Gasteiger partial charge in [-0.15, -0.1) is 10.0 Å². The molecule has 1 rings (SSSR count).